The molecule has 0 spiro atoms. The zero-order chi connectivity index (χ0) is 12.5. The summed E-state index contributed by atoms with van der Waals surface area (Å²) in [6.07, 6.45) is 3.12. The molecule has 0 fully saturated rings. The van der Waals surface area contributed by atoms with Gasteiger partial charge in [-0.3, -0.25) is 0 Å². The zero-order valence-electron chi connectivity index (χ0n) is 9.79. The lowest BCUT2D eigenvalue weighted by Gasteiger charge is -2.04. The Morgan fingerprint density at radius 1 is 1.24 bits per heavy atom. The van der Waals surface area contributed by atoms with Crippen LogP contribution in [0, 0.1) is 6.92 Å². The maximum atomic E-state index is 12.1. The van der Waals surface area contributed by atoms with E-state index in [2.05, 4.69) is 4.98 Å². The van der Waals surface area contributed by atoms with Crippen molar-refractivity contribution in [1.29, 1.82) is 0 Å². The highest BCUT2D eigenvalue weighted by atomic mass is 32.2. The van der Waals surface area contributed by atoms with E-state index in [9.17, 15) is 8.42 Å². The lowest BCUT2D eigenvalue weighted by Crippen LogP contribution is -2.10. The van der Waals surface area contributed by atoms with E-state index in [1.165, 1.54) is 10.8 Å². The molecule has 2 aromatic rings. The molecule has 90 valence electrons. The van der Waals surface area contributed by atoms with Crippen molar-refractivity contribution in [2.75, 3.05) is 0 Å². The number of nitrogens with zero attached hydrogens (tertiary/aromatic N) is 2. The van der Waals surface area contributed by atoms with Gasteiger partial charge in [0.25, 0.3) is 0 Å². The molecule has 0 saturated carbocycles. The predicted octanol–water partition coefficient (Wildman–Crippen LogP) is 1.70. The quantitative estimate of drug-likeness (QED) is 0.833. The van der Waals surface area contributed by atoms with Gasteiger partial charge in [0, 0.05) is 19.4 Å². The van der Waals surface area contributed by atoms with Crippen molar-refractivity contribution in [2.45, 2.75) is 17.8 Å². The van der Waals surface area contributed by atoms with E-state index in [0.29, 0.717) is 0 Å². The highest BCUT2D eigenvalue weighted by Gasteiger charge is 2.19. The van der Waals surface area contributed by atoms with Crippen molar-refractivity contribution >= 4 is 9.84 Å². The van der Waals surface area contributed by atoms with Crippen LogP contribution in [0.15, 0.2) is 41.8 Å². The summed E-state index contributed by atoms with van der Waals surface area (Å²) in [4.78, 5) is 3.88. The number of hydrogen-bond donors (Lipinski definition) is 0. The minimum atomic E-state index is -3.36. The Morgan fingerprint density at radius 2 is 1.88 bits per heavy atom. The van der Waals surface area contributed by atoms with Gasteiger partial charge in [-0.1, -0.05) is 29.8 Å². The number of sulfone groups is 1. The Hall–Kier alpha value is -1.62. The van der Waals surface area contributed by atoms with Gasteiger partial charge in [-0.05, 0) is 12.5 Å². The highest BCUT2D eigenvalue weighted by Crippen LogP contribution is 2.14. The molecular formula is C12H14N2O2S. The summed E-state index contributed by atoms with van der Waals surface area (Å²) in [6.45, 7) is 1.97. The molecule has 0 aliphatic rings. The van der Waals surface area contributed by atoms with Crippen LogP contribution >= 0.6 is 0 Å². The lowest BCUT2D eigenvalue weighted by atomic mass is 10.2. The van der Waals surface area contributed by atoms with Crippen LogP contribution < -0.4 is 0 Å². The summed E-state index contributed by atoms with van der Waals surface area (Å²) in [5.41, 5.74) is 1.89. The van der Waals surface area contributed by atoms with Crippen LogP contribution in [0.2, 0.25) is 0 Å². The molecule has 0 saturated heterocycles. The van der Waals surface area contributed by atoms with Gasteiger partial charge in [0.1, 0.15) is 0 Å². The van der Waals surface area contributed by atoms with Crippen LogP contribution in [0.25, 0.3) is 0 Å². The molecule has 0 aliphatic heterocycles. The Kier molecular flexibility index (Phi) is 3.02. The molecule has 0 aliphatic carbocycles. The van der Waals surface area contributed by atoms with E-state index < -0.39 is 9.84 Å². The number of rotatable bonds is 3. The van der Waals surface area contributed by atoms with E-state index in [4.69, 9.17) is 0 Å². The largest absolute Gasteiger partial charge is 0.325 e. The molecule has 1 aromatic carbocycles. The van der Waals surface area contributed by atoms with Gasteiger partial charge in [0.2, 0.25) is 15.0 Å². The average molecular weight is 250 g/mol. The van der Waals surface area contributed by atoms with E-state index >= 15 is 0 Å². The van der Waals surface area contributed by atoms with E-state index in [1.54, 1.807) is 13.2 Å². The molecule has 17 heavy (non-hydrogen) atoms. The molecule has 0 bridgehead atoms. The van der Waals surface area contributed by atoms with Crippen LogP contribution in [0.1, 0.15) is 11.1 Å². The van der Waals surface area contributed by atoms with E-state index in [0.717, 1.165) is 11.1 Å². The van der Waals surface area contributed by atoms with Gasteiger partial charge in [-0.2, -0.15) is 0 Å². The minimum absolute atomic E-state index is 0.0157. The first-order chi connectivity index (χ1) is 7.99. The van der Waals surface area contributed by atoms with E-state index in [1.807, 2.05) is 31.2 Å². The third-order valence-electron chi connectivity index (χ3n) is 2.53. The van der Waals surface area contributed by atoms with Gasteiger partial charge in [0.05, 0.1) is 5.75 Å². The monoisotopic (exact) mass is 250 g/mol. The molecule has 0 radical (unpaired) electrons. The first-order valence-corrected chi connectivity index (χ1v) is 6.90. The van der Waals surface area contributed by atoms with Gasteiger partial charge in [-0.15, -0.1) is 0 Å². The fraction of sp³-hybridized carbons (Fsp3) is 0.250. The summed E-state index contributed by atoms with van der Waals surface area (Å²) in [5.74, 6) is -0.0157. The van der Waals surface area contributed by atoms with Crippen LogP contribution in [0.3, 0.4) is 0 Å². The Labute approximate surface area is 101 Å². The van der Waals surface area contributed by atoms with Gasteiger partial charge in [0.15, 0.2) is 0 Å². The normalized spacial score (nSPS) is 11.6. The number of aromatic nitrogens is 2. The smallest absolute Gasteiger partial charge is 0.227 e. The average Bonchev–Trinajstić information content (AvgIpc) is 2.68. The number of benzene rings is 1. The fourth-order valence-corrected chi connectivity index (χ4v) is 3.10. The number of imidazole rings is 1. The standard InChI is InChI=1S/C12H14N2O2S/c1-10-3-5-11(6-4-10)9-17(15,16)12-13-7-8-14(12)2/h3-8H,9H2,1-2H3. The van der Waals surface area contributed by atoms with Crippen molar-refractivity contribution in [1.82, 2.24) is 9.55 Å². The Bertz CT molecular complexity index is 612. The summed E-state index contributed by atoms with van der Waals surface area (Å²) in [5, 5.41) is 0.109. The fourth-order valence-electron chi connectivity index (χ4n) is 1.62. The third kappa shape index (κ3) is 2.55. The van der Waals surface area contributed by atoms with E-state index in [-0.39, 0.29) is 10.9 Å². The summed E-state index contributed by atoms with van der Waals surface area (Å²) < 4.78 is 25.7. The maximum absolute atomic E-state index is 12.1. The molecule has 0 N–H and O–H groups in total. The van der Waals surface area contributed by atoms with Crippen molar-refractivity contribution < 1.29 is 8.42 Å². The SMILES string of the molecule is Cc1ccc(CS(=O)(=O)c2nccn2C)cc1. The van der Waals surface area contributed by atoms with Gasteiger partial charge >= 0.3 is 0 Å². The number of hydrogen-bond acceptors (Lipinski definition) is 3. The van der Waals surface area contributed by atoms with Crippen molar-refractivity contribution in [3.63, 3.8) is 0 Å². The van der Waals surface area contributed by atoms with Crippen LogP contribution in [-0.4, -0.2) is 18.0 Å². The Morgan fingerprint density at radius 3 is 2.41 bits per heavy atom. The molecule has 4 nitrogen and oxygen atoms in total. The van der Waals surface area contributed by atoms with Crippen LogP contribution in [-0.2, 0) is 22.6 Å². The molecule has 1 aromatic heterocycles. The Balaban J connectivity index is 2.30. The van der Waals surface area contributed by atoms with Gasteiger partial charge in [-0.25, -0.2) is 13.4 Å². The van der Waals surface area contributed by atoms with Gasteiger partial charge < -0.3 is 4.57 Å². The first-order valence-electron chi connectivity index (χ1n) is 5.25. The van der Waals surface area contributed by atoms with Crippen LogP contribution in [0.4, 0.5) is 0 Å². The topological polar surface area (TPSA) is 52.0 Å². The predicted molar refractivity (Wildman–Crippen MR) is 65.3 cm³/mol. The van der Waals surface area contributed by atoms with Crippen LogP contribution in [0.5, 0.6) is 0 Å². The van der Waals surface area contributed by atoms with Crippen molar-refractivity contribution in [3.8, 4) is 0 Å². The molecule has 1 heterocycles. The molecule has 2 rings (SSSR count). The maximum Gasteiger partial charge on any atom is 0.227 e. The van der Waals surface area contributed by atoms with Crippen molar-refractivity contribution in [2.24, 2.45) is 7.05 Å². The zero-order valence-corrected chi connectivity index (χ0v) is 10.6. The highest BCUT2D eigenvalue weighted by molar-refractivity contribution is 7.90. The third-order valence-corrected chi connectivity index (χ3v) is 4.20. The van der Waals surface area contributed by atoms with Crippen molar-refractivity contribution in [3.05, 3.63) is 47.8 Å². The summed E-state index contributed by atoms with van der Waals surface area (Å²) in [6, 6.07) is 7.47. The summed E-state index contributed by atoms with van der Waals surface area (Å²) >= 11 is 0. The molecular weight excluding hydrogens is 236 g/mol. The summed E-state index contributed by atoms with van der Waals surface area (Å²) in [7, 11) is -1.69. The minimum Gasteiger partial charge on any atom is -0.325 e. The number of aryl methyl sites for hydroxylation is 2. The first kappa shape index (κ1) is 11.9. The molecule has 0 amide bonds. The second-order valence-electron chi connectivity index (χ2n) is 4.07. The second kappa shape index (κ2) is 4.33. The second-order valence-corrected chi connectivity index (χ2v) is 5.95. The lowest BCUT2D eigenvalue weighted by molar-refractivity contribution is 0.578. The molecule has 0 atom stereocenters. The molecule has 5 heteroatoms. The molecule has 0 unspecified atom stereocenters.